The fourth-order valence-electron chi connectivity index (χ4n) is 2.01. The second kappa shape index (κ2) is 6.19. The Morgan fingerprint density at radius 1 is 1.20 bits per heavy atom. The van der Waals surface area contributed by atoms with Crippen molar-refractivity contribution in [3.8, 4) is 0 Å². The van der Waals surface area contributed by atoms with Gasteiger partial charge in [0.1, 0.15) is 5.69 Å². The number of carboxylic acids is 1. The minimum Gasteiger partial charge on any atom is -0.477 e. The molecule has 0 fully saturated rings. The molecule has 1 aromatic heterocycles. The van der Waals surface area contributed by atoms with E-state index in [4.69, 9.17) is 5.11 Å². The van der Waals surface area contributed by atoms with Crippen LogP contribution in [0.2, 0.25) is 0 Å². The molecule has 104 valence electrons. The Morgan fingerprint density at radius 3 is 2.50 bits per heavy atom. The second-order valence-corrected chi connectivity index (χ2v) is 4.70. The van der Waals surface area contributed by atoms with Gasteiger partial charge in [-0.05, 0) is 36.2 Å². The van der Waals surface area contributed by atoms with Crippen LogP contribution in [-0.2, 0) is 13.0 Å². The predicted molar refractivity (Wildman–Crippen MR) is 79.1 cm³/mol. The number of hydrogen-bond acceptors (Lipinski definition) is 3. The van der Waals surface area contributed by atoms with Crippen LogP contribution in [0.5, 0.6) is 0 Å². The van der Waals surface area contributed by atoms with Gasteiger partial charge in [-0.3, -0.25) is 0 Å². The van der Waals surface area contributed by atoms with Gasteiger partial charge in [-0.15, -0.1) is 0 Å². The SMILES string of the molecule is CCc1ccc(N(C)Cc2cccc(C(=O)O)n2)cc1. The van der Waals surface area contributed by atoms with Gasteiger partial charge in [0.15, 0.2) is 0 Å². The van der Waals surface area contributed by atoms with Crippen molar-refractivity contribution in [1.29, 1.82) is 0 Å². The second-order valence-electron chi connectivity index (χ2n) is 4.70. The molecule has 0 bridgehead atoms. The van der Waals surface area contributed by atoms with Crippen LogP contribution in [0, 0.1) is 0 Å². The number of benzene rings is 1. The number of aromatic nitrogens is 1. The van der Waals surface area contributed by atoms with Gasteiger partial charge in [-0.1, -0.05) is 25.1 Å². The molecule has 0 saturated carbocycles. The minimum atomic E-state index is -0.998. The molecule has 0 aliphatic heterocycles. The molecule has 1 aromatic carbocycles. The summed E-state index contributed by atoms with van der Waals surface area (Å²) in [4.78, 5) is 17.1. The molecule has 0 atom stereocenters. The van der Waals surface area contributed by atoms with Crippen molar-refractivity contribution in [2.75, 3.05) is 11.9 Å². The van der Waals surface area contributed by atoms with Crippen LogP contribution in [0.15, 0.2) is 42.5 Å². The molecule has 2 aromatic rings. The zero-order valence-electron chi connectivity index (χ0n) is 11.7. The Bertz CT molecular complexity index is 594. The molecule has 0 aliphatic rings. The average molecular weight is 270 g/mol. The minimum absolute atomic E-state index is 0.0808. The molecule has 4 nitrogen and oxygen atoms in total. The Balaban J connectivity index is 2.12. The number of carbonyl (C=O) groups is 1. The first-order chi connectivity index (χ1) is 9.60. The summed E-state index contributed by atoms with van der Waals surface area (Å²) in [5.74, 6) is -0.998. The predicted octanol–water partition coefficient (Wildman–Crippen LogP) is 2.98. The number of nitrogens with zero attached hydrogens (tertiary/aromatic N) is 2. The van der Waals surface area contributed by atoms with Crippen molar-refractivity contribution >= 4 is 11.7 Å². The zero-order chi connectivity index (χ0) is 14.5. The molecular weight excluding hydrogens is 252 g/mol. The fraction of sp³-hybridized carbons (Fsp3) is 0.250. The molecule has 0 amide bonds. The van der Waals surface area contributed by atoms with Gasteiger partial charge < -0.3 is 10.0 Å². The maximum atomic E-state index is 10.9. The van der Waals surface area contributed by atoms with Crippen molar-refractivity contribution in [3.05, 3.63) is 59.4 Å². The Kier molecular flexibility index (Phi) is 4.35. The summed E-state index contributed by atoms with van der Waals surface area (Å²) in [7, 11) is 1.97. The standard InChI is InChI=1S/C16H18N2O2/c1-3-12-7-9-14(10-8-12)18(2)11-13-5-4-6-15(17-13)16(19)20/h4-10H,3,11H2,1-2H3,(H,19,20). The summed E-state index contributed by atoms with van der Waals surface area (Å²) in [5.41, 5.74) is 3.21. The Morgan fingerprint density at radius 2 is 1.90 bits per heavy atom. The fourth-order valence-corrected chi connectivity index (χ4v) is 2.01. The molecule has 0 spiro atoms. The number of pyridine rings is 1. The first kappa shape index (κ1) is 14.1. The molecule has 1 N–H and O–H groups in total. The summed E-state index contributed by atoms with van der Waals surface area (Å²) in [6.45, 7) is 2.70. The monoisotopic (exact) mass is 270 g/mol. The lowest BCUT2D eigenvalue weighted by Crippen LogP contribution is -2.18. The first-order valence-corrected chi connectivity index (χ1v) is 6.59. The van der Waals surface area contributed by atoms with Crippen molar-refractivity contribution in [2.24, 2.45) is 0 Å². The number of rotatable bonds is 5. The van der Waals surface area contributed by atoms with E-state index in [1.807, 2.05) is 18.0 Å². The third-order valence-electron chi connectivity index (χ3n) is 3.21. The van der Waals surface area contributed by atoms with Gasteiger partial charge >= 0.3 is 5.97 Å². The number of hydrogen-bond donors (Lipinski definition) is 1. The van der Waals surface area contributed by atoms with Gasteiger partial charge in [0.05, 0.1) is 12.2 Å². The molecule has 0 aliphatic carbocycles. The molecular formula is C16H18N2O2. The van der Waals surface area contributed by atoms with Gasteiger partial charge in [-0.25, -0.2) is 9.78 Å². The van der Waals surface area contributed by atoms with Crippen LogP contribution in [0.3, 0.4) is 0 Å². The maximum absolute atomic E-state index is 10.9. The number of carboxylic acid groups (broad SMARTS) is 1. The molecule has 0 saturated heterocycles. The normalized spacial score (nSPS) is 10.3. The Hall–Kier alpha value is -2.36. The van der Waals surface area contributed by atoms with Crippen LogP contribution in [-0.4, -0.2) is 23.1 Å². The topological polar surface area (TPSA) is 53.4 Å². The molecule has 20 heavy (non-hydrogen) atoms. The smallest absolute Gasteiger partial charge is 0.354 e. The van der Waals surface area contributed by atoms with Crippen LogP contribution < -0.4 is 4.90 Å². The van der Waals surface area contributed by atoms with Crippen LogP contribution in [0.4, 0.5) is 5.69 Å². The number of anilines is 1. The van der Waals surface area contributed by atoms with E-state index in [2.05, 4.69) is 36.2 Å². The van der Waals surface area contributed by atoms with E-state index >= 15 is 0 Å². The van der Waals surface area contributed by atoms with Crippen LogP contribution in [0.1, 0.15) is 28.7 Å². The van der Waals surface area contributed by atoms with E-state index in [1.54, 1.807) is 6.07 Å². The molecule has 0 unspecified atom stereocenters. The lowest BCUT2D eigenvalue weighted by Gasteiger charge is -2.19. The van der Waals surface area contributed by atoms with Crippen molar-refractivity contribution in [1.82, 2.24) is 4.98 Å². The lowest BCUT2D eigenvalue weighted by atomic mass is 10.1. The highest BCUT2D eigenvalue weighted by Gasteiger charge is 2.07. The Labute approximate surface area is 118 Å². The number of aryl methyl sites for hydroxylation is 1. The summed E-state index contributed by atoms with van der Waals surface area (Å²) < 4.78 is 0. The highest BCUT2D eigenvalue weighted by molar-refractivity contribution is 5.85. The van der Waals surface area contributed by atoms with Crippen molar-refractivity contribution in [3.63, 3.8) is 0 Å². The van der Waals surface area contributed by atoms with Crippen molar-refractivity contribution < 1.29 is 9.90 Å². The number of aromatic carboxylic acids is 1. The molecule has 1 heterocycles. The molecule has 0 radical (unpaired) electrons. The first-order valence-electron chi connectivity index (χ1n) is 6.59. The van der Waals surface area contributed by atoms with E-state index in [0.29, 0.717) is 6.54 Å². The van der Waals surface area contributed by atoms with Gasteiger partial charge in [0.25, 0.3) is 0 Å². The van der Waals surface area contributed by atoms with E-state index in [-0.39, 0.29) is 5.69 Å². The molecule has 4 heteroatoms. The van der Waals surface area contributed by atoms with Gasteiger partial charge in [-0.2, -0.15) is 0 Å². The third-order valence-corrected chi connectivity index (χ3v) is 3.21. The van der Waals surface area contributed by atoms with E-state index in [1.165, 1.54) is 11.6 Å². The summed E-state index contributed by atoms with van der Waals surface area (Å²) in [6, 6.07) is 13.4. The summed E-state index contributed by atoms with van der Waals surface area (Å²) >= 11 is 0. The van der Waals surface area contributed by atoms with Crippen LogP contribution in [0.25, 0.3) is 0 Å². The molecule has 2 rings (SSSR count). The van der Waals surface area contributed by atoms with Crippen molar-refractivity contribution in [2.45, 2.75) is 19.9 Å². The lowest BCUT2D eigenvalue weighted by molar-refractivity contribution is 0.0690. The zero-order valence-corrected chi connectivity index (χ0v) is 11.7. The maximum Gasteiger partial charge on any atom is 0.354 e. The van der Waals surface area contributed by atoms with E-state index < -0.39 is 5.97 Å². The summed E-state index contributed by atoms with van der Waals surface area (Å²) in [5, 5.41) is 8.94. The van der Waals surface area contributed by atoms with Crippen LogP contribution >= 0.6 is 0 Å². The quantitative estimate of drug-likeness (QED) is 0.907. The van der Waals surface area contributed by atoms with E-state index in [0.717, 1.165) is 17.8 Å². The average Bonchev–Trinajstić information content (AvgIpc) is 2.47. The summed E-state index contributed by atoms with van der Waals surface area (Å²) in [6.07, 6.45) is 1.02. The largest absolute Gasteiger partial charge is 0.477 e. The highest BCUT2D eigenvalue weighted by Crippen LogP contribution is 2.16. The highest BCUT2D eigenvalue weighted by atomic mass is 16.4. The van der Waals surface area contributed by atoms with Gasteiger partial charge in [0, 0.05) is 12.7 Å². The third kappa shape index (κ3) is 3.35. The van der Waals surface area contributed by atoms with Gasteiger partial charge in [0.2, 0.25) is 0 Å². The van der Waals surface area contributed by atoms with E-state index in [9.17, 15) is 4.79 Å².